The minimum Gasteiger partial charge on any atom is -0.481 e. The lowest BCUT2D eigenvalue weighted by Gasteiger charge is -2.33. The van der Waals surface area contributed by atoms with E-state index in [1.807, 2.05) is 20.8 Å². The molecule has 0 aromatic carbocycles. The van der Waals surface area contributed by atoms with E-state index >= 15 is 0 Å². The molecule has 1 N–H and O–H groups in total. The van der Waals surface area contributed by atoms with Gasteiger partial charge >= 0.3 is 12.1 Å². The zero-order chi connectivity index (χ0) is 14.5. The first-order chi connectivity index (χ1) is 8.78. The molecule has 6 nitrogen and oxygen atoms in total. The maximum atomic E-state index is 11.8. The SMILES string of the molecule is CC(C)(C)OC(=O)N1CCC(OCCC(=O)O)CC1. The van der Waals surface area contributed by atoms with Gasteiger partial charge in [0.2, 0.25) is 0 Å². The molecule has 0 bridgehead atoms. The van der Waals surface area contributed by atoms with Crippen LogP contribution in [0.1, 0.15) is 40.0 Å². The zero-order valence-electron chi connectivity index (χ0n) is 11.8. The summed E-state index contributed by atoms with van der Waals surface area (Å²) in [6, 6.07) is 0. The summed E-state index contributed by atoms with van der Waals surface area (Å²) in [5.41, 5.74) is -0.480. The van der Waals surface area contributed by atoms with Gasteiger partial charge in [0, 0.05) is 13.1 Å². The number of aliphatic carboxylic acids is 1. The molecular weight excluding hydrogens is 250 g/mol. The lowest BCUT2D eigenvalue weighted by molar-refractivity contribution is -0.138. The van der Waals surface area contributed by atoms with Crippen molar-refractivity contribution >= 4 is 12.1 Å². The largest absolute Gasteiger partial charge is 0.481 e. The summed E-state index contributed by atoms with van der Waals surface area (Å²) in [6.07, 6.45) is 1.21. The van der Waals surface area contributed by atoms with Gasteiger partial charge in [-0.25, -0.2) is 4.79 Å². The molecule has 1 rings (SSSR count). The van der Waals surface area contributed by atoms with Gasteiger partial charge in [-0.3, -0.25) is 4.79 Å². The first kappa shape index (κ1) is 15.8. The fourth-order valence-corrected chi connectivity index (χ4v) is 1.84. The molecule has 0 atom stereocenters. The summed E-state index contributed by atoms with van der Waals surface area (Å²) in [5.74, 6) is -0.855. The van der Waals surface area contributed by atoms with Crippen LogP contribution < -0.4 is 0 Å². The van der Waals surface area contributed by atoms with Gasteiger partial charge in [0.15, 0.2) is 0 Å². The lowest BCUT2D eigenvalue weighted by atomic mass is 10.1. The number of carboxylic acids is 1. The standard InChI is InChI=1S/C13H23NO5/c1-13(2,3)19-12(17)14-7-4-10(5-8-14)18-9-6-11(15)16/h10H,4-9H2,1-3H3,(H,15,16). The number of carbonyl (C=O) groups is 2. The molecule has 110 valence electrons. The highest BCUT2D eigenvalue weighted by atomic mass is 16.6. The van der Waals surface area contributed by atoms with Crippen LogP contribution in [-0.2, 0) is 14.3 Å². The van der Waals surface area contributed by atoms with Crippen LogP contribution in [0.15, 0.2) is 0 Å². The molecule has 0 aromatic rings. The van der Waals surface area contributed by atoms with Crippen molar-refractivity contribution in [1.82, 2.24) is 4.90 Å². The number of ether oxygens (including phenoxy) is 2. The molecule has 1 saturated heterocycles. The van der Waals surface area contributed by atoms with Crippen LogP contribution >= 0.6 is 0 Å². The number of likely N-dealkylation sites (tertiary alicyclic amines) is 1. The van der Waals surface area contributed by atoms with E-state index in [2.05, 4.69) is 0 Å². The number of rotatable bonds is 4. The van der Waals surface area contributed by atoms with Crippen molar-refractivity contribution in [3.05, 3.63) is 0 Å². The van der Waals surface area contributed by atoms with Crippen molar-refractivity contribution in [2.45, 2.75) is 51.7 Å². The summed E-state index contributed by atoms with van der Waals surface area (Å²) < 4.78 is 10.8. The highest BCUT2D eigenvalue weighted by Crippen LogP contribution is 2.17. The second-order valence-corrected chi connectivity index (χ2v) is 5.68. The molecule has 0 radical (unpaired) electrons. The van der Waals surface area contributed by atoms with Gasteiger partial charge < -0.3 is 19.5 Å². The quantitative estimate of drug-likeness (QED) is 0.846. The fraction of sp³-hybridized carbons (Fsp3) is 0.846. The molecule has 6 heteroatoms. The molecule has 0 aliphatic carbocycles. The molecule has 1 aliphatic heterocycles. The van der Waals surface area contributed by atoms with E-state index in [1.54, 1.807) is 4.90 Å². The predicted octanol–water partition coefficient (Wildman–Crippen LogP) is 1.88. The molecule has 0 spiro atoms. The Kier molecular flexibility index (Phi) is 5.60. The number of carboxylic acid groups (broad SMARTS) is 1. The van der Waals surface area contributed by atoms with Gasteiger partial charge in [-0.15, -0.1) is 0 Å². The van der Waals surface area contributed by atoms with Crippen molar-refractivity contribution in [2.24, 2.45) is 0 Å². The molecule has 1 fully saturated rings. The Morgan fingerprint density at radius 3 is 2.32 bits per heavy atom. The Hall–Kier alpha value is -1.30. The smallest absolute Gasteiger partial charge is 0.410 e. The Morgan fingerprint density at radius 1 is 1.26 bits per heavy atom. The van der Waals surface area contributed by atoms with Crippen molar-refractivity contribution in [2.75, 3.05) is 19.7 Å². The number of nitrogens with zero attached hydrogens (tertiary/aromatic N) is 1. The monoisotopic (exact) mass is 273 g/mol. The molecular formula is C13H23NO5. The normalized spacial score (nSPS) is 17.3. The first-order valence-electron chi connectivity index (χ1n) is 6.59. The van der Waals surface area contributed by atoms with Gasteiger partial charge in [0.05, 0.1) is 19.1 Å². The maximum absolute atomic E-state index is 11.8. The Morgan fingerprint density at radius 2 is 1.84 bits per heavy atom. The van der Waals surface area contributed by atoms with Crippen LogP contribution in [0.25, 0.3) is 0 Å². The number of hydrogen-bond donors (Lipinski definition) is 1. The predicted molar refractivity (Wildman–Crippen MR) is 69.0 cm³/mol. The van der Waals surface area contributed by atoms with Crippen molar-refractivity contribution < 1.29 is 24.2 Å². The number of carbonyl (C=O) groups excluding carboxylic acids is 1. The summed E-state index contributed by atoms with van der Waals surface area (Å²) in [6.45, 7) is 6.93. The van der Waals surface area contributed by atoms with Gasteiger partial charge in [-0.2, -0.15) is 0 Å². The summed E-state index contributed by atoms with van der Waals surface area (Å²) in [5, 5.41) is 8.52. The third-order valence-electron chi connectivity index (χ3n) is 2.76. The topological polar surface area (TPSA) is 76.1 Å². The molecule has 1 amide bonds. The van der Waals surface area contributed by atoms with Crippen LogP contribution in [0.5, 0.6) is 0 Å². The Bertz CT molecular complexity index is 315. The van der Waals surface area contributed by atoms with E-state index in [0.717, 1.165) is 12.8 Å². The van der Waals surface area contributed by atoms with Crippen LogP contribution in [-0.4, -0.2) is 53.5 Å². The minimum atomic E-state index is -0.855. The van der Waals surface area contributed by atoms with E-state index in [0.29, 0.717) is 13.1 Å². The Labute approximate surface area is 113 Å². The molecule has 0 aromatic heterocycles. The summed E-state index contributed by atoms with van der Waals surface area (Å²) >= 11 is 0. The van der Waals surface area contributed by atoms with E-state index in [9.17, 15) is 9.59 Å². The summed E-state index contributed by atoms with van der Waals surface area (Å²) in [7, 11) is 0. The average molecular weight is 273 g/mol. The van der Waals surface area contributed by atoms with Crippen molar-refractivity contribution in [3.63, 3.8) is 0 Å². The fourth-order valence-electron chi connectivity index (χ4n) is 1.84. The number of amides is 1. The van der Waals surface area contributed by atoms with E-state index in [-0.39, 0.29) is 25.2 Å². The number of hydrogen-bond acceptors (Lipinski definition) is 4. The molecule has 1 heterocycles. The second-order valence-electron chi connectivity index (χ2n) is 5.68. The van der Waals surface area contributed by atoms with Gasteiger partial charge in [0.1, 0.15) is 5.60 Å². The third kappa shape index (κ3) is 6.42. The number of piperidine rings is 1. The van der Waals surface area contributed by atoms with Crippen LogP contribution in [0.2, 0.25) is 0 Å². The average Bonchev–Trinajstić information content (AvgIpc) is 2.27. The van der Waals surface area contributed by atoms with Gasteiger partial charge in [0.25, 0.3) is 0 Å². The van der Waals surface area contributed by atoms with Crippen LogP contribution in [0.4, 0.5) is 4.79 Å². The van der Waals surface area contributed by atoms with Crippen molar-refractivity contribution in [1.29, 1.82) is 0 Å². The zero-order valence-corrected chi connectivity index (χ0v) is 11.8. The van der Waals surface area contributed by atoms with E-state index in [4.69, 9.17) is 14.6 Å². The molecule has 0 saturated carbocycles. The van der Waals surface area contributed by atoms with Crippen LogP contribution in [0.3, 0.4) is 0 Å². The third-order valence-corrected chi connectivity index (χ3v) is 2.76. The highest BCUT2D eigenvalue weighted by Gasteiger charge is 2.27. The second kappa shape index (κ2) is 6.75. The Balaban J connectivity index is 2.25. The highest BCUT2D eigenvalue weighted by molar-refractivity contribution is 5.68. The lowest BCUT2D eigenvalue weighted by Crippen LogP contribution is -2.43. The van der Waals surface area contributed by atoms with Crippen LogP contribution in [0, 0.1) is 0 Å². The molecule has 19 heavy (non-hydrogen) atoms. The maximum Gasteiger partial charge on any atom is 0.410 e. The first-order valence-corrected chi connectivity index (χ1v) is 6.59. The van der Waals surface area contributed by atoms with E-state index in [1.165, 1.54) is 0 Å². The van der Waals surface area contributed by atoms with E-state index < -0.39 is 11.6 Å². The van der Waals surface area contributed by atoms with Crippen molar-refractivity contribution in [3.8, 4) is 0 Å². The van der Waals surface area contributed by atoms with Gasteiger partial charge in [-0.1, -0.05) is 0 Å². The summed E-state index contributed by atoms with van der Waals surface area (Å²) in [4.78, 5) is 23.8. The molecule has 0 unspecified atom stereocenters. The molecule has 1 aliphatic rings. The minimum absolute atomic E-state index is 0.0201. The van der Waals surface area contributed by atoms with Gasteiger partial charge in [-0.05, 0) is 33.6 Å².